The highest BCUT2D eigenvalue weighted by molar-refractivity contribution is 6.05. The normalized spacial score (nSPS) is 14.0. The number of anilines is 2. The number of non-ortho nitro benzene ring substituents is 1. The van der Waals surface area contributed by atoms with Gasteiger partial charge in [-0.25, -0.2) is 14.6 Å². The first kappa shape index (κ1) is 23.2. The number of piperidine rings is 1. The van der Waals surface area contributed by atoms with Crippen molar-refractivity contribution < 1.29 is 14.5 Å². The number of benzene rings is 2. The van der Waals surface area contributed by atoms with Crippen molar-refractivity contribution in [3.05, 3.63) is 64.5 Å². The van der Waals surface area contributed by atoms with Gasteiger partial charge >= 0.3 is 0 Å². The average Bonchev–Trinajstić information content (AvgIpc) is 3.30. The Labute approximate surface area is 205 Å². The Morgan fingerprint density at radius 3 is 2.64 bits per heavy atom. The first-order valence-electron chi connectivity index (χ1n) is 11.4. The topological polar surface area (TPSA) is 163 Å². The van der Waals surface area contributed by atoms with E-state index in [1.165, 1.54) is 37.7 Å². The van der Waals surface area contributed by atoms with Crippen molar-refractivity contribution in [2.75, 3.05) is 31.2 Å². The molecule has 0 bridgehead atoms. The van der Waals surface area contributed by atoms with Crippen LogP contribution >= 0.6 is 0 Å². The number of nitrogens with one attached hydrogen (secondary N) is 2. The predicted octanol–water partition coefficient (Wildman–Crippen LogP) is 3.17. The van der Waals surface area contributed by atoms with Crippen LogP contribution in [0.25, 0.3) is 22.3 Å². The molecule has 0 saturated carbocycles. The first-order chi connectivity index (χ1) is 17.5. The Bertz CT molecular complexity index is 1440. The van der Waals surface area contributed by atoms with Crippen molar-refractivity contribution in [2.45, 2.75) is 18.9 Å². The number of fused-ring (bicyclic) bond motifs is 1. The highest BCUT2D eigenvalue weighted by Crippen LogP contribution is 2.37. The summed E-state index contributed by atoms with van der Waals surface area (Å²) in [5, 5.41) is 22.6. The van der Waals surface area contributed by atoms with Gasteiger partial charge in [0.1, 0.15) is 23.6 Å². The molecule has 5 rings (SSSR count). The molecule has 12 nitrogen and oxygen atoms in total. The zero-order chi connectivity index (χ0) is 25.2. The van der Waals surface area contributed by atoms with Crippen LogP contribution in [-0.4, -0.2) is 50.8 Å². The summed E-state index contributed by atoms with van der Waals surface area (Å²) in [6, 6.07) is 10.9. The summed E-state index contributed by atoms with van der Waals surface area (Å²) in [5.41, 5.74) is 8.93. The zero-order valence-electron chi connectivity index (χ0n) is 19.5. The first-order valence-corrected chi connectivity index (χ1v) is 11.4. The van der Waals surface area contributed by atoms with Gasteiger partial charge in [0.05, 0.1) is 29.1 Å². The van der Waals surface area contributed by atoms with E-state index in [-0.39, 0.29) is 17.3 Å². The molecule has 2 aromatic carbocycles. The summed E-state index contributed by atoms with van der Waals surface area (Å²) < 4.78 is 7.48. The summed E-state index contributed by atoms with van der Waals surface area (Å²) in [4.78, 5) is 31.7. The van der Waals surface area contributed by atoms with E-state index in [1.54, 1.807) is 12.1 Å². The number of ether oxygens (including phenoxy) is 1. The number of nitrogen functional groups attached to an aromatic ring is 1. The summed E-state index contributed by atoms with van der Waals surface area (Å²) in [6.07, 6.45) is 3.30. The monoisotopic (exact) mass is 488 g/mol. The zero-order valence-corrected chi connectivity index (χ0v) is 19.5. The average molecular weight is 489 g/mol. The molecule has 1 aliphatic rings. The smallest absolute Gasteiger partial charge is 0.269 e. The van der Waals surface area contributed by atoms with E-state index < -0.39 is 10.8 Å². The van der Waals surface area contributed by atoms with Crippen molar-refractivity contribution in [1.82, 2.24) is 25.1 Å². The Morgan fingerprint density at radius 1 is 1.19 bits per heavy atom. The maximum atomic E-state index is 12.7. The lowest BCUT2D eigenvalue weighted by atomic mass is 10.1. The molecule has 0 unspecified atom stereocenters. The molecule has 4 N–H and O–H groups in total. The molecule has 0 spiro atoms. The summed E-state index contributed by atoms with van der Waals surface area (Å²) in [6.45, 7) is 1.80. The predicted molar refractivity (Wildman–Crippen MR) is 134 cm³/mol. The highest BCUT2D eigenvalue weighted by atomic mass is 16.6. The molecule has 0 aliphatic carbocycles. The molecule has 3 heterocycles. The van der Waals surface area contributed by atoms with Gasteiger partial charge in [-0.15, -0.1) is 0 Å². The number of methoxy groups -OCH3 is 1. The van der Waals surface area contributed by atoms with Crippen molar-refractivity contribution in [2.24, 2.45) is 0 Å². The third-order valence-electron chi connectivity index (χ3n) is 6.24. The van der Waals surface area contributed by atoms with Crippen molar-refractivity contribution in [3.63, 3.8) is 0 Å². The summed E-state index contributed by atoms with van der Waals surface area (Å²) in [7, 11) is 1.50. The van der Waals surface area contributed by atoms with Crippen LogP contribution in [0.2, 0.25) is 0 Å². The number of nitrogens with two attached hydrogens (primary N) is 1. The van der Waals surface area contributed by atoms with Crippen LogP contribution in [0.4, 0.5) is 17.2 Å². The lowest BCUT2D eigenvalue weighted by Crippen LogP contribution is -2.30. The third kappa shape index (κ3) is 4.29. The number of nitro benzene ring substituents is 1. The minimum Gasteiger partial charge on any atom is -0.495 e. The van der Waals surface area contributed by atoms with Gasteiger partial charge in [-0.05, 0) is 50.2 Å². The van der Waals surface area contributed by atoms with Crippen LogP contribution < -0.4 is 21.1 Å². The van der Waals surface area contributed by atoms with Gasteiger partial charge in [0.25, 0.3) is 11.6 Å². The van der Waals surface area contributed by atoms with E-state index in [9.17, 15) is 14.9 Å². The fraction of sp³-hybridized carbons (Fsp3) is 0.250. The largest absolute Gasteiger partial charge is 0.495 e. The minimum absolute atomic E-state index is 0.0899. The number of hydrogen-bond acceptors (Lipinski definition) is 9. The summed E-state index contributed by atoms with van der Waals surface area (Å²) >= 11 is 0. The minimum atomic E-state index is -0.516. The van der Waals surface area contributed by atoms with E-state index in [4.69, 9.17) is 15.6 Å². The molecule has 1 amide bonds. The molecule has 2 aromatic heterocycles. The Kier molecular flexibility index (Phi) is 6.17. The number of nitrogens with zero attached hydrogens (tertiary/aromatic N) is 5. The lowest BCUT2D eigenvalue weighted by molar-refractivity contribution is -0.384. The van der Waals surface area contributed by atoms with Crippen molar-refractivity contribution in [1.29, 1.82) is 0 Å². The van der Waals surface area contributed by atoms with Crippen LogP contribution in [0.15, 0.2) is 48.8 Å². The molecule has 184 valence electrons. The number of carbonyl (C=O) groups excluding carboxylic acids is 1. The molecular formula is C24H24N8O4. The standard InChI is InChI=1S/C24H24N8O4/c1-36-19-12-15(4-7-18(19)29-24(33)14-2-5-17(6-3-14)32(34)35)21-20-22(25)27-13-28-23(20)31(30-21)16-8-10-26-11-9-16/h2-7,12-13,16,26H,8-11H2,1H3,(H,29,33)(H2,25,27,28). The van der Waals surface area contributed by atoms with Crippen LogP contribution in [0, 0.1) is 10.1 Å². The van der Waals surface area contributed by atoms with Crippen molar-refractivity contribution >= 4 is 34.1 Å². The molecule has 1 fully saturated rings. The van der Waals surface area contributed by atoms with E-state index in [0.717, 1.165) is 31.5 Å². The van der Waals surface area contributed by atoms with Gasteiger partial charge in [-0.3, -0.25) is 14.9 Å². The second-order valence-corrected chi connectivity index (χ2v) is 8.41. The number of amides is 1. The third-order valence-corrected chi connectivity index (χ3v) is 6.24. The van der Waals surface area contributed by atoms with E-state index in [1.807, 2.05) is 10.7 Å². The number of nitro groups is 1. The Hall–Kier alpha value is -4.58. The van der Waals surface area contributed by atoms with Gasteiger partial charge in [-0.2, -0.15) is 5.10 Å². The molecule has 1 saturated heterocycles. The van der Waals surface area contributed by atoms with Crippen LogP contribution in [-0.2, 0) is 0 Å². The van der Waals surface area contributed by atoms with Gasteiger partial charge < -0.3 is 21.1 Å². The molecule has 12 heteroatoms. The highest BCUT2D eigenvalue weighted by Gasteiger charge is 2.24. The summed E-state index contributed by atoms with van der Waals surface area (Å²) in [5.74, 6) is 0.335. The van der Waals surface area contributed by atoms with Crippen molar-refractivity contribution in [3.8, 4) is 17.0 Å². The second kappa shape index (κ2) is 9.58. The molecule has 0 atom stereocenters. The van der Waals surface area contributed by atoms with Crippen LogP contribution in [0.1, 0.15) is 29.2 Å². The quantitative estimate of drug-likeness (QED) is 0.273. The van der Waals surface area contributed by atoms with E-state index in [2.05, 4.69) is 20.6 Å². The van der Waals surface area contributed by atoms with Crippen LogP contribution in [0.3, 0.4) is 0 Å². The Balaban J connectivity index is 1.48. The van der Waals surface area contributed by atoms with Gasteiger partial charge in [-0.1, -0.05) is 6.07 Å². The lowest BCUT2D eigenvalue weighted by Gasteiger charge is -2.23. The van der Waals surface area contributed by atoms with Crippen LogP contribution in [0.5, 0.6) is 5.75 Å². The molecular weight excluding hydrogens is 464 g/mol. The molecule has 36 heavy (non-hydrogen) atoms. The Morgan fingerprint density at radius 2 is 1.94 bits per heavy atom. The van der Waals surface area contributed by atoms with Gasteiger partial charge in [0.2, 0.25) is 0 Å². The second-order valence-electron chi connectivity index (χ2n) is 8.41. The van der Waals surface area contributed by atoms with E-state index >= 15 is 0 Å². The molecule has 4 aromatic rings. The number of rotatable bonds is 6. The SMILES string of the molecule is COc1cc(-c2nn(C3CCNCC3)c3ncnc(N)c23)ccc1NC(=O)c1ccc([N+](=O)[O-])cc1. The van der Waals surface area contributed by atoms with Gasteiger partial charge in [0, 0.05) is 23.3 Å². The number of carbonyl (C=O) groups is 1. The fourth-order valence-corrected chi connectivity index (χ4v) is 4.37. The number of aromatic nitrogens is 4. The molecule has 1 aliphatic heterocycles. The molecule has 0 radical (unpaired) electrons. The maximum absolute atomic E-state index is 12.7. The van der Waals surface area contributed by atoms with Gasteiger partial charge in [0.15, 0.2) is 5.65 Å². The number of hydrogen-bond donors (Lipinski definition) is 3. The van der Waals surface area contributed by atoms with E-state index in [0.29, 0.717) is 34.0 Å². The fourth-order valence-electron chi connectivity index (χ4n) is 4.37. The maximum Gasteiger partial charge on any atom is 0.269 e.